The Morgan fingerprint density at radius 1 is 1.29 bits per heavy atom. The van der Waals surface area contributed by atoms with Crippen LogP contribution in [0.2, 0.25) is 0 Å². The molecule has 2 heterocycles. The highest BCUT2D eigenvalue weighted by molar-refractivity contribution is 5.46. The topological polar surface area (TPSA) is 58.8 Å². The molecule has 2 aromatic heterocycles. The Balaban J connectivity index is 2.31. The van der Waals surface area contributed by atoms with Gasteiger partial charge in [-0.15, -0.1) is 0 Å². The summed E-state index contributed by atoms with van der Waals surface area (Å²) in [6.45, 7) is 3.63. The van der Waals surface area contributed by atoms with Crippen LogP contribution in [0.15, 0.2) is 43.2 Å². The molecule has 0 unspecified atom stereocenters. The first-order valence-electron chi connectivity index (χ1n) is 4.95. The summed E-state index contributed by atoms with van der Waals surface area (Å²) in [6, 6.07) is 8.78. The maximum Gasteiger partial charge on any atom is 0.237 e. The Morgan fingerprint density at radius 2 is 2.18 bits per heavy atom. The van der Waals surface area contributed by atoms with Gasteiger partial charge in [-0.3, -0.25) is 4.98 Å². The third kappa shape index (κ3) is 2.47. The second kappa shape index (κ2) is 4.90. The predicted octanol–water partition coefficient (Wildman–Crippen LogP) is 2.78. The summed E-state index contributed by atoms with van der Waals surface area (Å²) in [6.07, 6.45) is 4.81. The summed E-state index contributed by atoms with van der Waals surface area (Å²) in [4.78, 5) is 8.07. The summed E-state index contributed by atoms with van der Waals surface area (Å²) in [7, 11) is 0. The molecule has 0 aliphatic carbocycles. The van der Waals surface area contributed by atoms with E-state index in [1.165, 1.54) is 0 Å². The molecule has 0 saturated carbocycles. The van der Waals surface area contributed by atoms with Crippen molar-refractivity contribution in [2.75, 3.05) is 0 Å². The molecule has 0 aliphatic rings. The fraction of sp³-hybridized carbons (Fsp3) is 0. The first kappa shape index (κ1) is 10.8. The highest BCUT2D eigenvalue weighted by atomic mass is 16.5. The van der Waals surface area contributed by atoms with Gasteiger partial charge in [-0.05, 0) is 24.3 Å². The number of pyridine rings is 2. The first-order chi connectivity index (χ1) is 8.33. The molecule has 0 spiro atoms. The highest BCUT2D eigenvalue weighted by Crippen LogP contribution is 2.22. The van der Waals surface area contributed by atoms with E-state index >= 15 is 0 Å². The van der Waals surface area contributed by atoms with Crippen molar-refractivity contribution >= 4 is 6.08 Å². The van der Waals surface area contributed by atoms with Gasteiger partial charge in [0, 0.05) is 18.5 Å². The van der Waals surface area contributed by atoms with Crippen molar-refractivity contribution < 1.29 is 4.74 Å². The lowest BCUT2D eigenvalue weighted by atomic mass is 10.3. The van der Waals surface area contributed by atoms with Crippen LogP contribution in [-0.4, -0.2) is 9.97 Å². The van der Waals surface area contributed by atoms with Crippen LogP contribution >= 0.6 is 0 Å². The van der Waals surface area contributed by atoms with E-state index in [4.69, 9.17) is 10.00 Å². The van der Waals surface area contributed by atoms with Gasteiger partial charge in [-0.25, -0.2) is 4.98 Å². The zero-order chi connectivity index (χ0) is 12.1. The zero-order valence-corrected chi connectivity index (χ0v) is 9.00. The van der Waals surface area contributed by atoms with Gasteiger partial charge in [0.1, 0.15) is 17.4 Å². The van der Waals surface area contributed by atoms with Crippen molar-refractivity contribution in [2.24, 2.45) is 0 Å². The molecule has 82 valence electrons. The second-order valence-electron chi connectivity index (χ2n) is 3.19. The lowest BCUT2D eigenvalue weighted by Crippen LogP contribution is -1.92. The van der Waals surface area contributed by atoms with E-state index in [2.05, 4.69) is 16.5 Å². The molecule has 4 nitrogen and oxygen atoms in total. The summed E-state index contributed by atoms with van der Waals surface area (Å²) in [5, 5.41) is 8.90. The molecule has 4 heteroatoms. The zero-order valence-electron chi connectivity index (χ0n) is 9.00. The molecule has 0 radical (unpaired) electrons. The van der Waals surface area contributed by atoms with Crippen LogP contribution in [0, 0.1) is 11.3 Å². The summed E-state index contributed by atoms with van der Waals surface area (Å²) in [5.74, 6) is 0.862. The van der Waals surface area contributed by atoms with Gasteiger partial charge >= 0.3 is 0 Å². The number of nitriles is 1. The average Bonchev–Trinajstić information content (AvgIpc) is 2.39. The molecule has 0 aromatic carbocycles. The Morgan fingerprint density at radius 3 is 2.94 bits per heavy atom. The van der Waals surface area contributed by atoms with Crippen LogP contribution in [0.25, 0.3) is 6.08 Å². The van der Waals surface area contributed by atoms with Crippen molar-refractivity contribution in [1.29, 1.82) is 5.26 Å². The number of nitrogens with zero attached hydrogens (tertiary/aromatic N) is 3. The van der Waals surface area contributed by atoms with Gasteiger partial charge in [0.15, 0.2) is 0 Å². The van der Waals surface area contributed by atoms with Crippen molar-refractivity contribution in [2.45, 2.75) is 0 Å². The quantitative estimate of drug-likeness (QED) is 0.802. The van der Waals surface area contributed by atoms with Crippen LogP contribution in [0.5, 0.6) is 11.6 Å². The number of aromatic nitrogens is 2. The van der Waals surface area contributed by atoms with Crippen LogP contribution in [-0.2, 0) is 0 Å². The van der Waals surface area contributed by atoms with E-state index in [0.29, 0.717) is 17.0 Å². The first-order valence-corrected chi connectivity index (χ1v) is 4.95. The van der Waals surface area contributed by atoms with E-state index in [9.17, 15) is 0 Å². The fourth-order valence-corrected chi connectivity index (χ4v) is 1.27. The van der Waals surface area contributed by atoms with Crippen molar-refractivity contribution in [3.8, 4) is 17.7 Å². The SMILES string of the molecule is C=Cc1cc(Oc2ncccc2C#N)ccn1. The van der Waals surface area contributed by atoms with Gasteiger partial charge in [0.05, 0.1) is 5.69 Å². The van der Waals surface area contributed by atoms with Crippen molar-refractivity contribution in [3.05, 3.63) is 54.5 Å². The smallest absolute Gasteiger partial charge is 0.237 e. The maximum atomic E-state index is 8.90. The minimum absolute atomic E-state index is 0.288. The third-order valence-corrected chi connectivity index (χ3v) is 2.07. The van der Waals surface area contributed by atoms with E-state index < -0.39 is 0 Å². The molecule has 2 rings (SSSR count). The van der Waals surface area contributed by atoms with Crippen LogP contribution in [0.4, 0.5) is 0 Å². The molecular formula is C13H9N3O. The summed E-state index contributed by atoms with van der Waals surface area (Å²) >= 11 is 0. The summed E-state index contributed by atoms with van der Waals surface area (Å²) in [5.41, 5.74) is 1.10. The fourth-order valence-electron chi connectivity index (χ4n) is 1.27. The molecule has 0 amide bonds. The normalized spacial score (nSPS) is 9.35. The molecule has 0 fully saturated rings. The van der Waals surface area contributed by atoms with Gasteiger partial charge < -0.3 is 4.74 Å². The minimum atomic E-state index is 0.288. The highest BCUT2D eigenvalue weighted by Gasteiger charge is 2.05. The van der Waals surface area contributed by atoms with Crippen molar-refractivity contribution in [3.63, 3.8) is 0 Å². The van der Waals surface area contributed by atoms with Gasteiger partial charge in [0.2, 0.25) is 5.88 Å². The average molecular weight is 223 g/mol. The van der Waals surface area contributed by atoms with Gasteiger partial charge in [-0.2, -0.15) is 5.26 Å². The standard InChI is InChI=1S/C13H9N3O/c1-2-11-8-12(5-7-15-11)17-13-10(9-14)4-3-6-16-13/h2-8H,1H2. The number of rotatable bonds is 3. The molecular weight excluding hydrogens is 214 g/mol. The number of hydrogen-bond acceptors (Lipinski definition) is 4. The summed E-state index contributed by atoms with van der Waals surface area (Å²) < 4.78 is 5.52. The Kier molecular flexibility index (Phi) is 3.13. The molecule has 0 aliphatic heterocycles. The maximum absolute atomic E-state index is 8.90. The molecule has 2 aromatic rings. The molecule has 0 bridgehead atoms. The van der Waals surface area contributed by atoms with E-state index in [0.717, 1.165) is 0 Å². The Bertz CT molecular complexity index is 587. The Hall–Kier alpha value is -2.67. The predicted molar refractivity (Wildman–Crippen MR) is 63.4 cm³/mol. The van der Waals surface area contributed by atoms with Crippen LogP contribution < -0.4 is 4.74 Å². The second-order valence-corrected chi connectivity index (χ2v) is 3.19. The monoisotopic (exact) mass is 223 g/mol. The Labute approximate surface area is 98.8 Å². The number of ether oxygens (including phenoxy) is 1. The van der Waals surface area contributed by atoms with Crippen LogP contribution in [0.1, 0.15) is 11.3 Å². The molecule has 0 N–H and O–H groups in total. The lowest BCUT2D eigenvalue weighted by Gasteiger charge is -2.05. The van der Waals surface area contributed by atoms with E-state index in [1.807, 2.05) is 6.07 Å². The van der Waals surface area contributed by atoms with E-state index in [1.54, 1.807) is 42.7 Å². The third-order valence-electron chi connectivity index (χ3n) is 2.07. The van der Waals surface area contributed by atoms with Gasteiger partial charge in [-0.1, -0.05) is 6.58 Å². The largest absolute Gasteiger partial charge is 0.438 e. The molecule has 0 atom stereocenters. The van der Waals surface area contributed by atoms with Crippen molar-refractivity contribution in [1.82, 2.24) is 9.97 Å². The van der Waals surface area contributed by atoms with Crippen LogP contribution in [0.3, 0.4) is 0 Å². The minimum Gasteiger partial charge on any atom is -0.438 e. The number of hydrogen-bond donors (Lipinski definition) is 0. The molecule has 17 heavy (non-hydrogen) atoms. The molecule has 0 saturated heterocycles. The van der Waals surface area contributed by atoms with Gasteiger partial charge in [0.25, 0.3) is 0 Å². The lowest BCUT2D eigenvalue weighted by molar-refractivity contribution is 0.460. The van der Waals surface area contributed by atoms with E-state index in [-0.39, 0.29) is 5.88 Å².